The largest absolute Gasteiger partial charge is 0.399 e. The van der Waals surface area contributed by atoms with Gasteiger partial charge in [0.25, 0.3) is 0 Å². The molecule has 0 aromatic heterocycles. The van der Waals surface area contributed by atoms with Crippen molar-refractivity contribution in [3.8, 4) is 0 Å². The number of hydrogen-bond acceptors (Lipinski definition) is 2. The van der Waals surface area contributed by atoms with E-state index in [0.29, 0.717) is 0 Å². The molecule has 0 bridgehead atoms. The van der Waals surface area contributed by atoms with E-state index in [9.17, 15) is 0 Å². The Bertz CT molecular complexity index is 536. The van der Waals surface area contributed by atoms with Gasteiger partial charge < -0.3 is 11.5 Å². The molecule has 0 saturated heterocycles. The van der Waals surface area contributed by atoms with E-state index in [1.165, 1.54) is 11.1 Å². The van der Waals surface area contributed by atoms with E-state index in [4.69, 9.17) is 11.5 Å². The molecule has 0 aliphatic carbocycles. The molecule has 18 heavy (non-hydrogen) atoms. The molecule has 0 saturated carbocycles. The van der Waals surface area contributed by atoms with Crippen molar-refractivity contribution in [2.75, 3.05) is 11.5 Å². The van der Waals surface area contributed by atoms with E-state index in [0.717, 1.165) is 23.4 Å². The molecule has 0 radical (unpaired) electrons. The Morgan fingerprint density at radius 1 is 0.889 bits per heavy atom. The Labute approximate surface area is 108 Å². The topological polar surface area (TPSA) is 52.0 Å². The number of hydrogen-bond donors (Lipinski definition) is 2. The normalized spacial score (nSPS) is 11.5. The predicted octanol–water partition coefficient (Wildman–Crippen LogP) is 3.80. The maximum absolute atomic E-state index is 5.70. The van der Waals surface area contributed by atoms with Crippen molar-refractivity contribution < 1.29 is 0 Å². The summed E-state index contributed by atoms with van der Waals surface area (Å²) in [4.78, 5) is 0. The molecular formula is C16H18N2. The Balaban J connectivity index is 2.33. The number of rotatable bonds is 3. The van der Waals surface area contributed by atoms with E-state index in [1.807, 2.05) is 36.4 Å². The minimum absolute atomic E-state index is 0.790. The molecule has 92 valence electrons. The minimum atomic E-state index is 0.790. The van der Waals surface area contributed by atoms with Gasteiger partial charge >= 0.3 is 0 Å². The minimum Gasteiger partial charge on any atom is -0.399 e. The molecule has 0 amide bonds. The van der Waals surface area contributed by atoms with Gasteiger partial charge in [0.05, 0.1) is 0 Å². The van der Waals surface area contributed by atoms with Crippen molar-refractivity contribution in [1.82, 2.24) is 0 Å². The Hall–Kier alpha value is -2.22. The van der Waals surface area contributed by atoms with Crippen LogP contribution in [0.5, 0.6) is 0 Å². The highest BCUT2D eigenvalue weighted by Crippen LogP contribution is 2.22. The van der Waals surface area contributed by atoms with Crippen LogP contribution in [0.3, 0.4) is 0 Å². The highest BCUT2D eigenvalue weighted by Gasteiger charge is 1.99. The Morgan fingerprint density at radius 3 is 1.89 bits per heavy atom. The van der Waals surface area contributed by atoms with Crippen molar-refractivity contribution >= 4 is 23.0 Å². The fourth-order valence-electron chi connectivity index (χ4n) is 1.88. The van der Waals surface area contributed by atoms with Gasteiger partial charge in [0.2, 0.25) is 0 Å². The molecule has 0 aliphatic heterocycles. The summed E-state index contributed by atoms with van der Waals surface area (Å²) in [6.45, 7) is 2.15. The monoisotopic (exact) mass is 238 g/mol. The summed E-state index contributed by atoms with van der Waals surface area (Å²) in [6, 6.07) is 15.9. The third-order valence-corrected chi connectivity index (χ3v) is 2.94. The zero-order valence-electron chi connectivity index (χ0n) is 10.6. The van der Waals surface area contributed by atoms with Gasteiger partial charge in [-0.2, -0.15) is 0 Å². The highest BCUT2D eigenvalue weighted by molar-refractivity contribution is 5.81. The molecule has 0 aliphatic rings. The average molecular weight is 238 g/mol. The van der Waals surface area contributed by atoms with Gasteiger partial charge in [-0.25, -0.2) is 0 Å². The third kappa shape index (κ3) is 2.92. The van der Waals surface area contributed by atoms with Gasteiger partial charge in [-0.3, -0.25) is 0 Å². The Morgan fingerprint density at radius 2 is 1.39 bits per heavy atom. The van der Waals surface area contributed by atoms with Crippen LogP contribution in [0.2, 0.25) is 0 Å². The van der Waals surface area contributed by atoms with E-state index in [-0.39, 0.29) is 0 Å². The second kappa shape index (κ2) is 5.41. The quantitative estimate of drug-likeness (QED) is 0.631. The Kier molecular flexibility index (Phi) is 3.68. The highest BCUT2D eigenvalue weighted by atomic mass is 14.5. The standard InChI is InChI=1S/C16H18N2/c1-2-13(14-5-9-16(18)10-6-14)11-12-3-7-15(17)8-4-12/h3-11H,2,17-18H2,1H3. The first-order valence-corrected chi connectivity index (χ1v) is 6.11. The van der Waals surface area contributed by atoms with Crippen molar-refractivity contribution in [2.24, 2.45) is 0 Å². The van der Waals surface area contributed by atoms with Gasteiger partial charge in [-0.15, -0.1) is 0 Å². The summed E-state index contributed by atoms with van der Waals surface area (Å²) in [5, 5.41) is 0. The van der Waals surface area contributed by atoms with Gasteiger partial charge in [0, 0.05) is 11.4 Å². The number of anilines is 2. The smallest absolute Gasteiger partial charge is 0.0314 e. The molecule has 2 rings (SSSR count). The van der Waals surface area contributed by atoms with Gasteiger partial charge in [0.1, 0.15) is 0 Å². The van der Waals surface area contributed by atoms with Crippen LogP contribution in [0.1, 0.15) is 24.5 Å². The lowest BCUT2D eigenvalue weighted by atomic mass is 10.0. The molecule has 2 aromatic carbocycles. The van der Waals surface area contributed by atoms with Gasteiger partial charge in [-0.1, -0.05) is 37.3 Å². The number of nitrogen functional groups attached to an aromatic ring is 2. The van der Waals surface area contributed by atoms with Crippen LogP contribution in [0.25, 0.3) is 11.6 Å². The van der Waals surface area contributed by atoms with Crippen molar-refractivity contribution in [1.29, 1.82) is 0 Å². The van der Waals surface area contributed by atoms with Crippen LogP contribution in [0.4, 0.5) is 11.4 Å². The molecular weight excluding hydrogens is 220 g/mol. The number of benzene rings is 2. The SMILES string of the molecule is CCC(=Cc1ccc(N)cc1)c1ccc(N)cc1. The average Bonchev–Trinajstić information content (AvgIpc) is 2.39. The van der Waals surface area contributed by atoms with Crippen LogP contribution in [-0.2, 0) is 0 Å². The van der Waals surface area contributed by atoms with Crippen LogP contribution in [-0.4, -0.2) is 0 Å². The molecule has 0 unspecified atom stereocenters. The third-order valence-electron chi connectivity index (χ3n) is 2.94. The number of nitrogens with two attached hydrogens (primary N) is 2. The van der Waals surface area contributed by atoms with E-state index >= 15 is 0 Å². The molecule has 2 aromatic rings. The maximum Gasteiger partial charge on any atom is 0.0314 e. The fourth-order valence-corrected chi connectivity index (χ4v) is 1.88. The number of allylic oxidation sites excluding steroid dienone is 1. The zero-order chi connectivity index (χ0) is 13.0. The van der Waals surface area contributed by atoms with Crippen LogP contribution in [0, 0.1) is 0 Å². The first kappa shape index (κ1) is 12.2. The van der Waals surface area contributed by atoms with Gasteiger partial charge in [0.15, 0.2) is 0 Å². The second-order valence-electron chi connectivity index (χ2n) is 4.31. The molecule has 2 nitrogen and oxygen atoms in total. The summed E-state index contributed by atoms with van der Waals surface area (Å²) in [5.74, 6) is 0. The lowest BCUT2D eigenvalue weighted by Crippen LogP contribution is -1.87. The summed E-state index contributed by atoms with van der Waals surface area (Å²) < 4.78 is 0. The fraction of sp³-hybridized carbons (Fsp3) is 0.125. The summed E-state index contributed by atoms with van der Waals surface area (Å²) in [7, 11) is 0. The van der Waals surface area contributed by atoms with Crippen molar-refractivity contribution in [2.45, 2.75) is 13.3 Å². The molecule has 0 atom stereocenters. The molecule has 2 heteroatoms. The molecule has 0 spiro atoms. The van der Waals surface area contributed by atoms with E-state index < -0.39 is 0 Å². The van der Waals surface area contributed by atoms with Crippen LogP contribution < -0.4 is 11.5 Å². The van der Waals surface area contributed by atoms with Crippen LogP contribution >= 0.6 is 0 Å². The van der Waals surface area contributed by atoms with E-state index in [2.05, 4.69) is 25.1 Å². The van der Waals surface area contributed by atoms with Crippen LogP contribution in [0.15, 0.2) is 48.5 Å². The zero-order valence-corrected chi connectivity index (χ0v) is 10.6. The lowest BCUT2D eigenvalue weighted by Gasteiger charge is -2.06. The maximum atomic E-state index is 5.70. The predicted molar refractivity (Wildman–Crippen MR) is 79.9 cm³/mol. The molecule has 0 fully saturated rings. The summed E-state index contributed by atoms with van der Waals surface area (Å²) in [6.07, 6.45) is 3.17. The van der Waals surface area contributed by atoms with Crippen molar-refractivity contribution in [3.63, 3.8) is 0 Å². The molecule has 4 N–H and O–H groups in total. The lowest BCUT2D eigenvalue weighted by molar-refractivity contribution is 1.25. The molecule has 0 heterocycles. The first-order valence-electron chi connectivity index (χ1n) is 6.11. The van der Waals surface area contributed by atoms with Gasteiger partial charge in [-0.05, 0) is 47.4 Å². The van der Waals surface area contributed by atoms with E-state index in [1.54, 1.807) is 0 Å². The first-order chi connectivity index (χ1) is 8.69. The summed E-state index contributed by atoms with van der Waals surface area (Å²) in [5.41, 5.74) is 16.6. The summed E-state index contributed by atoms with van der Waals surface area (Å²) >= 11 is 0. The second-order valence-corrected chi connectivity index (χ2v) is 4.31. The van der Waals surface area contributed by atoms with Crippen molar-refractivity contribution in [3.05, 3.63) is 59.7 Å².